The van der Waals surface area contributed by atoms with Crippen LogP contribution < -0.4 is 18.9 Å². The van der Waals surface area contributed by atoms with Crippen molar-refractivity contribution in [1.82, 2.24) is 0 Å². The quantitative estimate of drug-likeness (QED) is 0.0879. The van der Waals surface area contributed by atoms with E-state index in [-0.39, 0.29) is 79.3 Å². The van der Waals surface area contributed by atoms with Crippen LogP contribution in [0.1, 0.15) is 0 Å². The molecule has 0 saturated heterocycles. The number of rotatable bonds is 24. The summed E-state index contributed by atoms with van der Waals surface area (Å²) in [4.78, 5) is 0. The molecule has 42 heavy (non-hydrogen) atoms. The first-order valence-electron chi connectivity index (χ1n) is 14.0. The molecule has 0 radical (unpaired) electrons. The van der Waals surface area contributed by atoms with Crippen molar-refractivity contribution in [2.45, 2.75) is 0 Å². The Hall–Kier alpha value is -2.94. The first-order valence-corrected chi connectivity index (χ1v) is 14.0. The molecule has 0 aromatic heterocycles. The van der Waals surface area contributed by atoms with Gasteiger partial charge in [-0.05, 0) is 36.4 Å². The minimum absolute atomic E-state index is 0.0608. The van der Waals surface area contributed by atoms with Gasteiger partial charge in [0.2, 0.25) is 0 Å². The molecule has 0 spiro atoms. The molecule has 0 heterocycles. The molecule has 0 atom stereocenters. The molecule has 0 aliphatic heterocycles. The summed E-state index contributed by atoms with van der Waals surface area (Å²) in [7, 11) is 0. The molecule has 234 valence electrons. The molecule has 3 rings (SSSR count). The van der Waals surface area contributed by atoms with Crippen molar-refractivity contribution >= 4 is 21.5 Å². The zero-order valence-corrected chi connectivity index (χ0v) is 23.8. The van der Waals surface area contributed by atoms with E-state index in [0.717, 1.165) is 21.5 Å². The van der Waals surface area contributed by atoms with Gasteiger partial charge >= 0.3 is 0 Å². The molecule has 3 aromatic rings. The molecule has 0 saturated carbocycles. The van der Waals surface area contributed by atoms with E-state index in [2.05, 4.69) is 0 Å². The predicted molar refractivity (Wildman–Crippen MR) is 155 cm³/mol. The molecule has 0 bridgehead atoms. The van der Waals surface area contributed by atoms with E-state index in [1.807, 2.05) is 36.4 Å². The molecule has 4 N–H and O–H groups in total. The van der Waals surface area contributed by atoms with Gasteiger partial charge in [0.05, 0.1) is 79.3 Å². The van der Waals surface area contributed by atoms with Gasteiger partial charge in [-0.15, -0.1) is 0 Å². The van der Waals surface area contributed by atoms with Gasteiger partial charge in [-0.1, -0.05) is 0 Å². The van der Waals surface area contributed by atoms with Crippen LogP contribution in [0.25, 0.3) is 21.5 Å². The number of fused-ring (bicyclic) bond motifs is 2. The second-order valence-corrected chi connectivity index (χ2v) is 8.80. The van der Waals surface area contributed by atoms with Crippen LogP contribution in [0, 0.1) is 0 Å². The van der Waals surface area contributed by atoms with Gasteiger partial charge in [0.1, 0.15) is 49.4 Å². The highest BCUT2D eigenvalue weighted by molar-refractivity contribution is 6.07. The average molecular weight is 595 g/mol. The fourth-order valence-corrected chi connectivity index (χ4v) is 4.09. The maximum Gasteiger partial charge on any atom is 0.127 e. The van der Waals surface area contributed by atoms with Crippen LogP contribution in [0.15, 0.2) is 36.4 Å². The van der Waals surface area contributed by atoms with Gasteiger partial charge in [-0.3, -0.25) is 0 Å². The Morgan fingerprint density at radius 3 is 0.786 bits per heavy atom. The van der Waals surface area contributed by atoms with Gasteiger partial charge < -0.3 is 58.3 Å². The summed E-state index contributed by atoms with van der Waals surface area (Å²) in [5, 5.41) is 39.0. The Kier molecular flexibility index (Phi) is 16.0. The minimum atomic E-state index is -0.0608. The first kappa shape index (κ1) is 33.6. The molecule has 0 aliphatic carbocycles. The normalized spacial score (nSPS) is 11.3. The molecule has 3 aromatic carbocycles. The Bertz CT molecular complexity index is 995. The lowest BCUT2D eigenvalue weighted by Gasteiger charge is -2.18. The van der Waals surface area contributed by atoms with Crippen LogP contribution in [0.2, 0.25) is 0 Å². The van der Waals surface area contributed by atoms with E-state index in [1.54, 1.807) is 0 Å². The molecule has 12 heteroatoms. The minimum Gasteiger partial charge on any atom is -0.491 e. The number of hydrogen-bond acceptors (Lipinski definition) is 12. The predicted octanol–water partition coefficient (Wildman–Crippen LogP) is 1.54. The van der Waals surface area contributed by atoms with Crippen molar-refractivity contribution < 1.29 is 58.3 Å². The molecule has 0 amide bonds. The Morgan fingerprint density at radius 2 is 0.571 bits per heavy atom. The average Bonchev–Trinajstić information content (AvgIpc) is 3.01. The summed E-state index contributed by atoms with van der Waals surface area (Å²) in [5.41, 5.74) is 0. The third-order valence-corrected chi connectivity index (χ3v) is 5.88. The van der Waals surface area contributed by atoms with Crippen LogP contribution in [0.3, 0.4) is 0 Å². The van der Waals surface area contributed by atoms with Gasteiger partial charge in [0, 0.05) is 21.5 Å². The SMILES string of the molecule is OCCOCCOc1ccc(OCCOCCO)c2cc3c(OCCOCCO)ccc(OCCOCCO)c3cc12. The van der Waals surface area contributed by atoms with E-state index in [9.17, 15) is 0 Å². The standard InChI is InChI=1S/C30H42O12/c31-5-9-35-13-17-39-27-1-2-28(40-18-14-36-10-6-32)24-22-26-25(21-23(24)27)29(41-19-15-37-11-7-33)3-4-30(26)42-20-16-38-12-8-34/h1-4,21-22,31-34H,5-20H2. The molecular weight excluding hydrogens is 552 g/mol. The Morgan fingerprint density at radius 1 is 0.333 bits per heavy atom. The van der Waals surface area contributed by atoms with E-state index in [0.29, 0.717) is 49.4 Å². The molecular formula is C30H42O12. The van der Waals surface area contributed by atoms with Crippen LogP contribution in [-0.2, 0) is 18.9 Å². The van der Waals surface area contributed by atoms with Gasteiger partial charge in [-0.25, -0.2) is 0 Å². The Balaban J connectivity index is 1.98. The highest BCUT2D eigenvalue weighted by Gasteiger charge is 2.16. The van der Waals surface area contributed by atoms with Crippen molar-refractivity contribution in [3.63, 3.8) is 0 Å². The molecule has 0 fully saturated rings. The fourth-order valence-electron chi connectivity index (χ4n) is 4.09. The van der Waals surface area contributed by atoms with Crippen molar-refractivity contribution in [2.24, 2.45) is 0 Å². The third-order valence-electron chi connectivity index (χ3n) is 5.88. The fraction of sp³-hybridized carbons (Fsp3) is 0.533. The summed E-state index contributed by atoms with van der Waals surface area (Å²) in [6, 6.07) is 11.2. The summed E-state index contributed by atoms with van der Waals surface area (Å²) < 4.78 is 45.6. The summed E-state index contributed by atoms with van der Waals surface area (Å²) >= 11 is 0. The van der Waals surface area contributed by atoms with Crippen LogP contribution in [-0.4, -0.2) is 126 Å². The van der Waals surface area contributed by atoms with Crippen molar-refractivity contribution in [3.05, 3.63) is 36.4 Å². The third kappa shape index (κ3) is 10.7. The zero-order chi connectivity index (χ0) is 29.8. The first-order chi connectivity index (χ1) is 20.7. The van der Waals surface area contributed by atoms with Gasteiger partial charge in [-0.2, -0.15) is 0 Å². The number of aliphatic hydroxyl groups is 4. The number of hydrogen-bond donors (Lipinski definition) is 4. The molecule has 12 nitrogen and oxygen atoms in total. The number of benzene rings is 3. The highest BCUT2D eigenvalue weighted by Crippen LogP contribution is 2.42. The summed E-state index contributed by atoms with van der Waals surface area (Å²) in [5.74, 6) is 2.46. The lowest BCUT2D eigenvalue weighted by molar-refractivity contribution is 0.0701. The molecule has 0 unspecified atom stereocenters. The lowest BCUT2D eigenvalue weighted by Crippen LogP contribution is -2.11. The monoisotopic (exact) mass is 594 g/mol. The maximum atomic E-state index is 8.96. The van der Waals surface area contributed by atoms with E-state index < -0.39 is 0 Å². The lowest BCUT2D eigenvalue weighted by atomic mass is 10.0. The topological polar surface area (TPSA) is 155 Å². The van der Waals surface area contributed by atoms with E-state index in [4.69, 9.17) is 58.3 Å². The summed E-state index contributed by atoms with van der Waals surface area (Å²) in [6.07, 6.45) is 0. The van der Waals surface area contributed by atoms with Crippen LogP contribution in [0.5, 0.6) is 23.0 Å². The van der Waals surface area contributed by atoms with Crippen molar-refractivity contribution in [2.75, 3.05) is 106 Å². The van der Waals surface area contributed by atoms with Crippen molar-refractivity contribution in [1.29, 1.82) is 0 Å². The molecule has 0 aliphatic rings. The maximum absolute atomic E-state index is 8.96. The van der Waals surface area contributed by atoms with E-state index >= 15 is 0 Å². The highest BCUT2D eigenvalue weighted by atomic mass is 16.5. The number of aliphatic hydroxyl groups excluding tert-OH is 4. The van der Waals surface area contributed by atoms with E-state index in [1.165, 1.54) is 0 Å². The second kappa shape index (κ2) is 20.1. The summed E-state index contributed by atoms with van der Waals surface area (Å²) in [6.45, 7) is 3.07. The number of ether oxygens (including phenoxy) is 8. The smallest absolute Gasteiger partial charge is 0.127 e. The Labute approximate surface area is 245 Å². The van der Waals surface area contributed by atoms with Crippen LogP contribution >= 0.6 is 0 Å². The second-order valence-electron chi connectivity index (χ2n) is 8.80. The zero-order valence-electron chi connectivity index (χ0n) is 23.8. The largest absolute Gasteiger partial charge is 0.491 e. The van der Waals surface area contributed by atoms with Crippen molar-refractivity contribution in [3.8, 4) is 23.0 Å². The van der Waals surface area contributed by atoms with Crippen LogP contribution in [0.4, 0.5) is 0 Å². The van der Waals surface area contributed by atoms with Gasteiger partial charge in [0.25, 0.3) is 0 Å². The van der Waals surface area contributed by atoms with Gasteiger partial charge in [0.15, 0.2) is 0 Å².